The minimum absolute atomic E-state index is 0.0459. The Bertz CT molecular complexity index is 593. The summed E-state index contributed by atoms with van der Waals surface area (Å²) in [5.74, 6) is -2.45. The lowest BCUT2D eigenvalue weighted by molar-refractivity contribution is -0.146. The molecule has 0 saturated heterocycles. The highest BCUT2D eigenvalue weighted by atomic mass is 16.6. The minimum Gasteiger partial charge on any atom is -0.481 e. The van der Waals surface area contributed by atoms with Gasteiger partial charge in [-0.25, -0.2) is 9.59 Å². The summed E-state index contributed by atoms with van der Waals surface area (Å²) in [5, 5.41) is 21.0. The van der Waals surface area contributed by atoms with Gasteiger partial charge in [0.15, 0.2) is 0 Å². The number of alkyl carbamates (subject to hydrolysis) is 1. The van der Waals surface area contributed by atoms with Crippen molar-refractivity contribution in [3.63, 3.8) is 0 Å². The second-order valence-electron chi connectivity index (χ2n) is 6.57. The molecule has 0 unspecified atom stereocenters. The van der Waals surface area contributed by atoms with Crippen LogP contribution in [0.15, 0.2) is 30.3 Å². The Morgan fingerprint density at radius 3 is 2.12 bits per heavy atom. The monoisotopic (exact) mass is 337 g/mol. The summed E-state index contributed by atoms with van der Waals surface area (Å²) in [5.41, 5.74) is -1.89. The summed E-state index contributed by atoms with van der Waals surface area (Å²) < 4.78 is 5.13. The van der Waals surface area contributed by atoms with Crippen molar-refractivity contribution in [1.82, 2.24) is 5.32 Å². The van der Waals surface area contributed by atoms with Crippen molar-refractivity contribution < 1.29 is 29.3 Å². The molecule has 0 spiro atoms. The fraction of sp³-hybridized carbons (Fsp3) is 0.471. The van der Waals surface area contributed by atoms with Gasteiger partial charge in [-0.05, 0) is 32.8 Å². The van der Waals surface area contributed by atoms with Gasteiger partial charge in [-0.1, -0.05) is 30.3 Å². The zero-order valence-electron chi connectivity index (χ0n) is 14.0. The zero-order chi connectivity index (χ0) is 18.4. The molecule has 7 heteroatoms. The summed E-state index contributed by atoms with van der Waals surface area (Å²) in [7, 11) is 0. The number of hydrogen-bond donors (Lipinski definition) is 3. The molecular weight excluding hydrogens is 314 g/mol. The van der Waals surface area contributed by atoms with Gasteiger partial charge in [0.2, 0.25) is 0 Å². The molecule has 0 radical (unpaired) electrons. The van der Waals surface area contributed by atoms with Crippen molar-refractivity contribution >= 4 is 18.0 Å². The van der Waals surface area contributed by atoms with Crippen molar-refractivity contribution in [2.24, 2.45) is 0 Å². The molecule has 1 aromatic rings. The number of carbonyl (C=O) groups excluding carboxylic acids is 1. The lowest BCUT2D eigenvalue weighted by atomic mass is 9.86. The Morgan fingerprint density at radius 1 is 1.08 bits per heavy atom. The van der Waals surface area contributed by atoms with Crippen LogP contribution in [0.25, 0.3) is 0 Å². The molecule has 132 valence electrons. The number of nitrogens with one attached hydrogen (secondary N) is 1. The highest BCUT2D eigenvalue weighted by Crippen LogP contribution is 2.22. The van der Waals surface area contributed by atoms with Crippen molar-refractivity contribution in [2.75, 3.05) is 0 Å². The lowest BCUT2D eigenvalue weighted by Gasteiger charge is -2.31. The van der Waals surface area contributed by atoms with Crippen molar-refractivity contribution in [2.45, 2.75) is 51.2 Å². The van der Waals surface area contributed by atoms with Crippen LogP contribution >= 0.6 is 0 Å². The van der Waals surface area contributed by atoms with Gasteiger partial charge < -0.3 is 20.3 Å². The van der Waals surface area contributed by atoms with E-state index in [1.807, 2.05) is 0 Å². The third-order valence-electron chi connectivity index (χ3n) is 3.26. The van der Waals surface area contributed by atoms with Gasteiger partial charge in [0.05, 0.1) is 0 Å². The summed E-state index contributed by atoms with van der Waals surface area (Å²) in [6.07, 6.45) is -1.60. The molecule has 0 aliphatic rings. The van der Waals surface area contributed by atoms with E-state index < -0.39 is 35.6 Å². The van der Waals surface area contributed by atoms with E-state index in [4.69, 9.17) is 9.84 Å². The van der Waals surface area contributed by atoms with Crippen LogP contribution in [0.5, 0.6) is 0 Å². The normalized spacial score (nSPS) is 13.6. The van der Waals surface area contributed by atoms with Gasteiger partial charge in [0.1, 0.15) is 11.1 Å². The highest BCUT2D eigenvalue weighted by molar-refractivity contribution is 5.85. The van der Waals surface area contributed by atoms with Gasteiger partial charge >= 0.3 is 18.0 Å². The maximum atomic E-state index is 12.1. The number of hydrogen-bond acceptors (Lipinski definition) is 4. The molecule has 0 bridgehead atoms. The Balaban J connectivity index is 3.08. The van der Waals surface area contributed by atoms with Crippen LogP contribution in [0.4, 0.5) is 4.79 Å². The van der Waals surface area contributed by atoms with Crippen LogP contribution in [0.1, 0.15) is 39.2 Å². The molecule has 0 aliphatic carbocycles. The molecule has 0 heterocycles. The topological polar surface area (TPSA) is 113 Å². The molecule has 3 N–H and O–H groups in total. The SMILES string of the molecule is CC(C)(C)OC(=O)N[C@@](CCC(=O)O)(Cc1ccccc1)C(=O)O. The molecule has 1 aromatic carbocycles. The van der Waals surface area contributed by atoms with Crippen LogP contribution in [0, 0.1) is 0 Å². The molecule has 1 atom stereocenters. The number of amides is 1. The third kappa shape index (κ3) is 6.28. The van der Waals surface area contributed by atoms with Gasteiger partial charge in [0, 0.05) is 12.8 Å². The van der Waals surface area contributed by atoms with Crippen molar-refractivity contribution in [3.05, 3.63) is 35.9 Å². The van der Waals surface area contributed by atoms with E-state index in [9.17, 15) is 19.5 Å². The van der Waals surface area contributed by atoms with E-state index in [1.165, 1.54) is 0 Å². The van der Waals surface area contributed by atoms with Gasteiger partial charge in [0.25, 0.3) is 0 Å². The quantitative estimate of drug-likeness (QED) is 0.704. The Morgan fingerprint density at radius 2 is 1.67 bits per heavy atom. The molecule has 1 amide bonds. The zero-order valence-corrected chi connectivity index (χ0v) is 14.0. The largest absolute Gasteiger partial charge is 0.481 e. The first-order valence-electron chi connectivity index (χ1n) is 7.54. The van der Waals surface area contributed by atoms with Crippen LogP contribution < -0.4 is 5.32 Å². The average Bonchev–Trinajstić information content (AvgIpc) is 2.43. The molecule has 7 nitrogen and oxygen atoms in total. The number of benzene rings is 1. The second kappa shape index (κ2) is 7.81. The van der Waals surface area contributed by atoms with E-state index in [0.717, 1.165) is 0 Å². The Labute approximate surface area is 140 Å². The maximum absolute atomic E-state index is 12.1. The van der Waals surface area contributed by atoms with Gasteiger partial charge in [-0.3, -0.25) is 4.79 Å². The van der Waals surface area contributed by atoms with Crippen molar-refractivity contribution in [3.8, 4) is 0 Å². The molecular formula is C17H23NO6. The first kappa shape index (κ1) is 19.5. The smallest absolute Gasteiger partial charge is 0.408 e. The molecule has 24 heavy (non-hydrogen) atoms. The molecule has 0 fully saturated rings. The van der Waals surface area contributed by atoms with Crippen LogP contribution in [-0.4, -0.2) is 39.4 Å². The predicted molar refractivity (Wildman–Crippen MR) is 86.8 cm³/mol. The number of carboxylic acids is 2. The van der Waals surface area contributed by atoms with E-state index in [2.05, 4.69) is 5.32 Å². The Kier molecular flexibility index (Phi) is 6.34. The van der Waals surface area contributed by atoms with E-state index in [1.54, 1.807) is 51.1 Å². The van der Waals surface area contributed by atoms with Crippen LogP contribution in [-0.2, 0) is 20.7 Å². The summed E-state index contributed by atoms with van der Waals surface area (Å²) >= 11 is 0. The van der Waals surface area contributed by atoms with Crippen LogP contribution in [0.2, 0.25) is 0 Å². The summed E-state index contributed by atoms with van der Waals surface area (Å²) in [4.78, 5) is 34.8. The first-order chi connectivity index (χ1) is 11.0. The molecule has 0 aromatic heterocycles. The fourth-order valence-corrected chi connectivity index (χ4v) is 2.19. The molecule has 1 rings (SSSR count). The van der Waals surface area contributed by atoms with Gasteiger partial charge in [-0.15, -0.1) is 0 Å². The van der Waals surface area contributed by atoms with E-state index in [-0.39, 0.29) is 12.8 Å². The molecule has 0 aliphatic heterocycles. The summed E-state index contributed by atoms with van der Waals surface area (Å²) in [6.45, 7) is 4.97. The minimum atomic E-state index is -1.76. The number of carbonyl (C=O) groups is 3. The lowest BCUT2D eigenvalue weighted by Crippen LogP contribution is -2.57. The number of carboxylic acid groups (broad SMARTS) is 2. The predicted octanol–water partition coefficient (Wildman–Crippen LogP) is 2.44. The number of aliphatic carboxylic acids is 2. The number of rotatable bonds is 7. The standard InChI is InChI=1S/C17H23NO6/c1-16(2,3)24-15(23)18-17(14(21)22,10-9-13(19)20)11-12-7-5-4-6-8-12/h4-8H,9-11H2,1-3H3,(H,18,23)(H,19,20)(H,21,22)/t17-/m0/s1. The number of ether oxygens (including phenoxy) is 1. The average molecular weight is 337 g/mol. The van der Waals surface area contributed by atoms with Gasteiger partial charge in [-0.2, -0.15) is 0 Å². The van der Waals surface area contributed by atoms with Crippen molar-refractivity contribution in [1.29, 1.82) is 0 Å². The summed E-state index contributed by atoms with van der Waals surface area (Å²) in [6, 6.07) is 8.70. The van der Waals surface area contributed by atoms with E-state index >= 15 is 0 Å². The first-order valence-corrected chi connectivity index (χ1v) is 7.54. The van der Waals surface area contributed by atoms with Crippen LogP contribution in [0.3, 0.4) is 0 Å². The Hall–Kier alpha value is -2.57. The highest BCUT2D eigenvalue weighted by Gasteiger charge is 2.41. The maximum Gasteiger partial charge on any atom is 0.408 e. The van der Waals surface area contributed by atoms with E-state index in [0.29, 0.717) is 5.56 Å². The third-order valence-corrected chi connectivity index (χ3v) is 3.26. The molecule has 0 saturated carbocycles. The fourth-order valence-electron chi connectivity index (χ4n) is 2.19. The second-order valence-corrected chi connectivity index (χ2v) is 6.57.